The van der Waals surface area contributed by atoms with Gasteiger partial charge in [0.25, 0.3) is 0 Å². The van der Waals surface area contributed by atoms with Crippen molar-refractivity contribution in [2.24, 2.45) is 0 Å². The van der Waals surface area contributed by atoms with Gasteiger partial charge in [-0.3, -0.25) is 4.57 Å². The number of carboxylic acids is 2. The summed E-state index contributed by atoms with van der Waals surface area (Å²) in [5, 5.41) is 17.2. The summed E-state index contributed by atoms with van der Waals surface area (Å²) in [5.74, 6) is -2.24. The van der Waals surface area contributed by atoms with Crippen LogP contribution >= 0.6 is 0 Å². The summed E-state index contributed by atoms with van der Waals surface area (Å²) < 4.78 is 38.4. The average molecular weight is 408 g/mol. The number of hydrogen-bond acceptors (Lipinski definition) is 3. The van der Waals surface area contributed by atoms with Gasteiger partial charge in [-0.25, -0.2) is 14.4 Å². The van der Waals surface area contributed by atoms with Gasteiger partial charge in [0.15, 0.2) is 0 Å². The number of alkyl halides is 3. The fraction of sp³-hybridized carbons (Fsp3) is 0.105. The normalized spacial score (nSPS) is 10.8. The molecule has 0 radical (unpaired) electrons. The van der Waals surface area contributed by atoms with Crippen LogP contribution in [0.2, 0.25) is 0 Å². The van der Waals surface area contributed by atoms with Crippen molar-refractivity contribution in [2.45, 2.75) is 13.1 Å². The van der Waals surface area contributed by atoms with E-state index in [2.05, 4.69) is 4.98 Å². The molecule has 0 saturated heterocycles. The average Bonchev–Trinajstić information content (AvgIpc) is 3.07. The standard InChI is InChI=1S/C10H7F3N2O.C9H8O4/c11-10(12,13)7-2-1-3-8(6-7)15-5-4-14-9(15)16;1-5-2-6(8(10)11)4-7(3-5)9(12)13/h1-6H,(H,14,16);2-4H,1H3,(H,10,11)(H,12,13). The molecular weight excluding hydrogens is 393 g/mol. The topological polar surface area (TPSA) is 112 Å². The van der Waals surface area contributed by atoms with E-state index >= 15 is 0 Å². The monoisotopic (exact) mass is 408 g/mol. The van der Waals surface area contributed by atoms with Gasteiger partial charge in [0.1, 0.15) is 0 Å². The summed E-state index contributed by atoms with van der Waals surface area (Å²) in [6.45, 7) is 1.65. The number of aromatic nitrogens is 2. The molecule has 0 aliphatic rings. The Morgan fingerprint density at radius 1 is 1.00 bits per heavy atom. The van der Waals surface area contributed by atoms with Gasteiger partial charge in [0.2, 0.25) is 0 Å². The van der Waals surface area contributed by atoms with E-state index in [-0.39, 0.29) is 16.8 Å². The van der Waals surface area contributed by atoms with Crippen LogP contribution in [0.5, 0.6) is 0 Å². The lowest BCUT2D eigenvalue weighted by molar-refractivity contribution is -0.137. The second-order valence-electron chi connectivity index (χ2n) is 5.88. The van der Waals surface area contributed by atoms with Gasteiger partial charge in [0.05, 0.1) is 22.4 Å². The molecule has 3 aromatic rings. The van der Waals surface area contributed by atoms with Gasteiger partial charge in [-0.1, -0.05) is 6.07 Å². The van der Waals surface area contributed by atoms with Crippen LogP contribution in [0.1, 0.15) is 31.8 Å². The molecule has 7 nitrogen and oxygen atoms in total. The van der Waals surface area contributed by atoms with E-state index in [0.29, 0.717) is 5.56 Å². The largest absolute Gasteiger partial charge is 0.478 e. The minimum Gasteiger partial charge on any atom is -0.478 e. The maximum Gasteiger partial charge on any atom is 0.416 e. The van der Waals surface area contributed by atoms with E-state index in [1.165, 1.54) is 36.7 Å². The lowest BCUT2D eigenvalue weighted by Gasteiger charge is -2.08. The molecule has 152 valence electrons. The molecule has 0 atom stereocenters. The van der Waals surface area contributed by atoms with Gasteiger partial charge in [-0.2, -0.15) is 13.2 Å². The number of carboxylic acid groups (broad SMARTS) is 2. The molecule has 0 fully saturated rings. The maximum absolute atomic E-state index is 12.4. The van der Waals surface area contributed by atoms with Crippen LogP contribution in [0.15, 0.2) is 59.7 Å². The van der Waals surface area contributed by atoms with Crippen LogP contribution in [-0.2, 0) is 6.18 Å². The number of halogens is 3. The highest BCUT2D eigenvalue weighted by Gasteiger charge is 2.30. The SMILES string of the molecule is Cc1cc(C(=O)O)cc(C(=O)O)c1.O=c1[nH]ccn1-c1cccc(C(F)(F)F)c1. The highest BCUT2D eigenvalue weighted by Crippen LogP contribution is 2.30. The molecule has 0 unspecified atom stereocenters. The number of hydrogen-bond donors (Lipinski definition) is 3. The highest BCUT2D eigenvalue weighted by atomic mass is 19.4. The fourth-order valence-electron chi connectivity index (χ4n) is 2.39. The second-order valence-corrected chi connectivity index (χ2v) is 5.88. The van der Waals surface area contributed by atoms with Crippen LogP contribution in [-0.4, -0.2) is 31.7 Å². The third kappa shape index (κ3) is 5.58. The molecule has 0 saturated carbocycles. The fourth-order valence-corrected chi connectivity index (χ4v) is 2.39. The first-order valence-corrected chi connectivity index (χ1v) is 8.01. The smallest absolute Gasteiger partial charge is 0.416 e. The van der Waals surface area contributed by atoms with Gasteiger partial charge in [0, 0.05) is 12.4 Å². The molecule has 10 heteroatoms. The van der Waals surface area contributed by atoms with Crippen LogP contribution in [0.3, 0.4) is 0 Å². The van der Waals surface area contributed by atoms with E-state index < -0.39 is 29.4 Å². The van der Waals surface area contributed by atoms with E-state index in [4.69, 9.17) is 10.2 Å². The molecule has 3 N–H and O–H groups in total. The summed E-state index contributed by atoms with van der Waals surface area (Å²) in [6, 6.07) is 8.57. The summed E-state index contributed by atoms with van der Waals surface area (Å²) in [5.41, 5.74) is -0.453. The first kappa shape index (κ1) is 21.5. The number of rotatable bonds is 3. The van der Waals surface area contributed by atoms with Gasteiger partial charge < -0.3 is 15.2 Å². The van der Waals surface area contributed by atoms with Gasteiger partial charge in [-0.05, 0) is 48.9 Å². The molecule has 2 aromatic carbocycles. The Labute approximate surface area is 161 Å². The number of benzene rings is 2. The molecule has 0 aliphatic heterocycles. The summed E-state index contributed by atoms with van der Waals surface area (Å²) >= 11 is 0. The van der Waals surface area contributed by atoms with Gasteiger partial charge in [-0.15, -0.1) is 0 Å². The van der Waals surface area contributed by atoms with Crippen molar-refractivity contribution >= 4 is 11.9 Å². The number of nitrogens with zero attached hydrogens (tertiary/aromatic N) is 1. The zero-order chi connectivity index (χ0) is 21.8. The molecule has 1 aromatic heterocycles. The number of imidazole rings is 1. The first-order chi connectivity index (χ1) is 13.5. The first-order valence-electron chi connectivity index (χ1n) is 8.01. The molecular formula is C19H15F3N2O5. The molecule has 3 rings (SSSR count). The summed E-state index contributed by atoms with van der Waals surface area (Å²) in [6.07, 6.45) is -1.67. The quantitative estimate of drug-likeness (QED) is 0.613. The van der Waals surface area contributed by atoms with E-state index in [1.54, 1.807) is 6.92 Å². The van der Waals surface area contributed by atoms with Crippen molar-refractivity contribution in [3.05, 3.63) is 87.6 Å². The van der Waals surface area contributed by atoms with E-state index in [1.807, 2.05) is 0 Å². The lowest BCUT2D eigenvalue weighted by atomic mass is 10.1. The summed E-state index contributed by atoms with van der Waals surface area (Å²) in [7, 11) is 0. The molecule has 0 amide bonds. The third-order valence-corrected chi connectivity index (χ3v) is 3.67. The number of H-pyrrole nitrogens is 1. The van der Waals surface area contributed by atoms with Crippen molar-refractivity contribution in [3.8, 4) is 5.69 Å². The second kappa shape index (κ2) is 8.46. The number of aromatic carboxylic acids is 2. The Morgan fingerprint density at radius 3 is 2.03 bits per heavy atom. The predicted octanol–water partition coefficient (Wildman–Crippen LogP) is 3.58. The molecule has 29 heavy (non-hydrogen) atoms. The van der Waals surface area contributed by atoms with E-state index in [0.717, 1.165) is 22.8 Å². The Hall–Kier alpha value is -3.82. The number of aromatic amines is 1. The molecule has 0 spiro atoms. The number of nitrogens with one attached hydrogen (secondary N) is 1. The zero-order valence-corrected chi connectivity index (χ0v) is 14.9. The van der Waals surface area contributed by atoms with E-state index in [9.17, 15) is 27.6 Å². The van der Waals surface area contributed by atoms with Gasteiger partial charge >= 0.3 is 23.8 Å². The number of carbonyl (C=O) groups is 2. The Kier molecular flexibility index (Phi) is 6.27. The van der Waals surface area contributed by atoms with Crippen LogP contribution in [0, 0.1) is 6.92 Å². The third-order valence-electron chi connectivity index (χ3n) is 3.67. The molecule has 0 aliphatic carbocycles. The molecule has 1 heterocycles. The Balaban J connectivity index is 0.000000212. The van der Waals surface area contributed by atoms with Crippen LogP contribution in [0.4, 0.5) is 13.2 Å². The Bertz CT molecular complexity index is 1070. The van der Waals surface area contributed by atoms with Crippen molar-refractivity contribution in [1.29, 1.82) is 0 Å². The highest BCUT2D eigenvalue weighted by molar-refractivity contribution is 5.94. The summed E-state index contributed by atoms with van der Waals surface area (Å²) in [4.78, 5) is 34.6. The Morgan fingerprint density at radius 2 is 1.59 bits per heavy atom. The van der Waals surface area contributed by atoms with Crippen LogP contribution in [0.25, 0.3) is 5.69 Å². The zero-order valence-electron chi connectivity index (χ0n) is 14.9. The van der Waals surface area contributed by atoms with Crippen LogP contribution < -0.4 is 5.69 Å². The van der Waals surface area contributed by atoms with Crippen molar-refractivity contribution < 1.29 is 33.0 Å². The van der Waals surface area contributed by atoms with Crippen molar-refractivity contribution in [1.82, 2.24) is 9.55 Å². The molecule has 0 bridgehead atoms. The van der Waals surface area contributed by atoms with Crippen molar-refractivity contribution in [3.63, 3.8) is 0 Å². The lowest BCUT2D eigenvalue weighted by Crippen LogP contribution is -2.15. The maximum atomic E-state index is 12.4. The predicted molar refractivity (Wildman–Crippen MR) is 96.5 cm³/mol. The minimum atomic E-state index is -4.41. The number of aryl methyl sites for hydroxylation is 1. The van der Waals surface area contributed by atoms with Crippen molar-refractivity contribution in [2.75, 3.05) is 0 Å². The minimum absolute atomic E-state index is 0.00241.